The van der Waals surface area contributed by atoms with Crippen molar-refractivity contribution in [2.75, 3.05) is 18.1 Å². The summed E-state index contributed by atoms with van der Waals surface area (Å²) in [5, 5.41) is 3.78. The van der Waals surface area contributed by atoms with E-state index in [0.717, 1.165) is 13.0 Å². The van der Waals surface area contributed by atoms with Crippen molar-refractivity contribution in [3.63, 3.8) is 0 Å². The Bertz CT molecular complexity index is 516. The van der Waals surface area contributed by atoms with Crippen LogP contribution in [0.3, 0.4) is 0 Å². The minimum absolute atomic E-state index is 0.121. The van der Waals surface area contributed by atoms with Crippen LogP contribution in [-0.2, 0) is 10.0 Å². The number of hydrogen-bond acceptors (Lipinski definition) is 4. The summed E-state index contributed by atoms with van der Waals surface area (Å²) < 4.78 is 27.1. The molecular weight excluding hydrogens is 292 g/mol. The fraction of sp³-hybridized carbons (Fsp3) is 0.571. The van der Waals surface area contributed by atoms with Crippen molar-refractivity contribution >= 4 is 27.5 Å². The van der Waals surface area contributed by atoms with Gasteiger partial charge in [-0.15, -0.1) is 0 Å². The molecule has 0 saturated heterocycles. The summed E-state index contributed by atoms with van der Waals surface area (Å²) >= 11 is 1.81. The second-order valence-corrected chi connectivity index (χ2v) is 7.99. The van der Waals surface area contributed by atoms with E-state index in [1.807, 2.05) is 31.7 Å². The van der Waals surface area contributed by atoms with Crippen molar-refractivity contribution < 1.29 is 8.42 Å². The Balaban J connectivity index is 2.83. The standard InChI is InChI=1S/C14H24N2O2S2/c1-11(2)16-20(17,18)14-8-6-5-7-13(14)15-10-9-12(3)19-4/h5-8,11-12,15-16H,9-10H2,1-4H3. The predicted molar refractivity (Wildman–Crippen MR) is 88.0 cm³/mol. The van der Waals surface area contributed by atoms with Gasteiger partial charge < -0.3 is 5.32 Å². The Morgan fingerprint density at radius 2 is 1.85 bits per heavy atom. The fourth-order valence-corrected chi connectivity index (χ4v) is 3.54. The zero-order valence-corrected chi connectivity index (χ0v) is 14.1. The molecule has 1 rings (SSSR count). The molecule has 1 atom stereocenters. The second-order valence-electron chi connectivity index (χ2n) is 5.03. The van der Waals surface area contributed by atoms with E-state index in [1.54, 1.807) is 18.2 Å². The van der Waals surface area contributed by atoms with Gasteiger partial charge >= 0.3 is 0 Å². The molecule has 4 nitrogen and oxygen atoms in total. The number of nitrogens with one attached hydrogen (secondary N) is 2. The van der Waals surface area contributed by atoms with Crippen LogP contribution in [0.5, 0.6) is 0 Å². The highest BCUT2D eigenvalue weighted by molar-refractivity contribution is 7.99. The Hall–Kier alpha value is -0.720. The highest BCUT2D eigenvalue weighted by Crippen LogP contribution is 2.21. The molecule has 1 unspecified atom stereocenters. The highest BCUT2D eigenvalue weighted by Gasteiger charge is 2.18. The van der Waals surface area contributed by atoms with E-state index >= 15 is 0 Å². The third kappa shape index (κ3) is 5.34. The Kier molecular flexibility index (Phi) is 6.85. The SMILES string of the molecule is CSC(C)CCNc1ccccc1S(=O)(=O)NC(C)C. The monoisotopic (exact) mass is 316 g/mol. The van der Waals surface area contributed by atoms with E-state index in [4.69, 9.17) is 0 Å². The van der Waals surface area contributed by atoms with Crippen molar-refractivity contribution in [2.45, 2.75) is 43.4 Å². The lowest BCUT2D eigenvalue weighted by Gasteiger charge is -2.15. The van der Waals surface area contributed by atoms with Gasteiger partial charge in [-0.05, 0) is 38.7 Å². The molecular formula is C14H24N2O2S2. The summed E-state index contributed by atoms with van der Waals surface area (Å²) in [6.07, 6.45) is 3.07. The van der Waals surface area contributed by atoms with E-state index in [1.165, 1.54) is 0 Å². The molecule has 0 aromatic heterocycles. The third-order valence-corrected chi connectivity index (χ3v) is 5.59. The molecule has 0 aliphatic carbocycles. The van der Waals surface area contributed by atoms with Crippen LogP contribution >= 0.6 is 11.8 Å². The van der Waals surface area contributed by atoms with Gasteiger partial charge in [0.05, 0.1) is 5.69 Å². The lowest BCUT2D eigenvalue weighted by atomic mass is 10.3. The topological polar surface area (TPSA) is 58.2 Å². The lowest BCUT2D eigenvalue weighted by Crippen LogP contribution is -2.30. The fourth-order valence-electron chi connectivity index (χ4n) is 1.75. The average Bonchev–Trinajstić information content (AvgIpc) is 2.37. The first-order valence-corrected chi connectivity index (χ1v) is 9.52. The Morgan fingerprint density at radius 3 is 2.45 bits per heavy atom. The summed E-state index contributed by atoms with van der Waals surface area (Å²) in [6.45, 7) is 6.55. The van der Waals surface area contributed by atoms with Crippen LogP contribution in [0.1, 0.15) is 27.2 Å². The van der Waals surface area contributed by atoms with Crippen molar-refractivity contribution in [1.29, 1.82) is 0 Å². The summed E-state index contributed by atoms with van der Waals surface area (Å²) in [5.74, 6) is 0. The number of anilines is 1. The van der Waals surface area contributed by atoms with E-state index < -0.39 is 10.0 Å². The molecule has 20 heavy (non-hydrogen) atoms. The predicted octanol–water partition coefficient (Wildman–Crippen LogP) is 2.93. The quantitative estimate of drug-likeness (QED) is 0.774. The van der Waals surface area contributed by atoms with Gasteiger partial charge in [0.25, 0.3) is 0 Å². The molecule has 0 aliphatic heterocycles. The molecule has 1 aromatic carbocycles. The van der Waals surface area contributed by atoms with Gasteiger partial charge in [0.2, 0.25) is 10.0 Å². The number of hydrogen-bond donors (Lipinski definition) is 2. The normalized spacial score (nSPS) is 13.4. The molecule has 114 valence electrons. The van der Waals surface area contributed by atoms with E-state index in [2.05, 4.69) is 23.2 Å². The van der Waals surface area contributed by atoms with Crippen molar-refractivity contribution in [3.8, 4) is 0 Å². The first kappa shape index (κ1) is 17.3. The molecule has 0 amide bonds. The van der Waals surface area contributed by atoms with Gasteiger partial charge in [-0.2, -0.15) is 11.8 Å². The molecule has 0 bridgehead atoms. The first-order valence-electron chi connectivity index (χ1n) is 6.75. The maximum absolute atomic E-state index is 12.3. The second kappa shape index (κ2) is 7.90. The van der Waals surface area contributed by atoms with Gasteiger partial charge in [-0.1, -0.05) is 19.1 Å². The summed E-state index contributed by atoms with van der Waals surface area (Å²) in [5.41, 5.74) is 0.661. The number of thioether (sulfide) groups is 1. The number of benzene rings is 1. The Labute approximate surface area is 126 Å². The molecule has 0 heterocycles. The zero-order valence-electron chi connectivity index (χ0n) is 12.5. The number of para-hydroxylation sites is 1. The molecule has 0 fully saturated rings. The first-order chi connectivity index (χ1) is 9.36. The van der Waals surface area contributed by atoms with Crippen LogP contribution in [-0.4, -0.2) is 32.5 Å². The average molecular weight is 316 g/mol. The lowest BCUT2D eigenvalue weighted by molar-refractivity contribution is 0.570. The molecule has 0 aliphatic rings. The molecule has 1 aromatic rings. The van der Waals surface area contributed by atoms with Crippen LogP contribution < -0.4 is 10.0 Å². The number of sulfonamides is 1. The molecule has 2 N–H and O–H groups in total. The van der Waals surface area contributed by atoms with Gasteiger partial charge in [-0.25, -0.2) is 13.1 Å². The largest absolute Gasteiger partial charge is 0.384 e. The van der Waals surface area contributed by atoms with Crippen LogP contribution in [0.4, 0.5) is 5.69 Å². The molecule has 0 radical (unpaired) electrons. The van der Waals surface area contributed by atoms with E-state index in [9.17, 15) is 8.42 Å². The van der Waals surface area contributed by atoms with Gasteiger partial charge in [0.15, 0.2) is 0 Å². The smallest absolute Gasteiger partial charge is 0.242 e. The van der Waals surface area contributed by atoms with Crippen LogP contribution in [0.25, 0.3) is 0 Å². The summed E-state index contributed by atoms with van der Waals surface area (Å²) in [4.78, 5) is 0.311. The minimum atomic E-state index is -3.46. The molecule has 6 heteroatoms. The van der Waals surface area contributed by atoms with Gasteiger partial charge in [0.1, 0.15) is 4.90 Å². The van der Waals surface area contributed by atoms with Crippen molar-refractivity contribution in [1.82, 2.24) is 4.72 Å². The van der Waals surface area contributed by atoms with Crippen LogP contribution in [0.15, 0.2) is 29.2 Å². The van der Waals surface area contributed by atoms with E-state index in [0.29, 0.717) is 15.8 Å². The van der Waals surface area contributed by atoms with E-state index in [-0.39, 0.29) is 6.04 Å². The highest BCUT2D eigenvalue weighted by atomic mass is 32.2. The van der Waals surface area contributed by atoms with Crippen LogP contribution in [0, 0.1) is 0 Å². The van der Waals surface area contributed by atoms with Gasteiger partial charge in [0, 0.05) is 17.8 Å². The number of rotatable bonds is 8. The third-order valence-electron chi connectivity index (χ3n) is 2.84. The summed E-state index contributed by atoms with van der Waals surface area (Å²) in [6, 6.07) is 6.90. The van der Waals surface area contributed by atoms with Crippen LogP contribution in [0.2, 0.25) is 0 Å². The molecule has 0 spiro atoms. The van der Waals surface area contributed by atoms with Crippen molar-refractivity contribution in [2.24, 2.45) is 0 Å². The zero-order chi connectivity index (χ0) is 15.2. The Morgan fingerprint density at radius 1 is 1.20 bits per heavy atom. The summed E-state index contributed by atoms with van der Waals surface area (Å²) in [7, 11) is -3.46. The van der Waals surface area contributed by atoms with Crippen molar-refractivity contribution in [3.05, 3.63) is 24.3 Å². The maximum atomic E-state index is 12.3. The molecule has 0 saturated carbocycles. The maximum Gasteiger partial charge on any atom is 0.242 e. The van der Waals surface area contributed by atoms with Gasteiger partial charge in [-0.3, -0.25) is 0 Å². The minimum Gasteiger partial charge on any atom is -0.384 e.